The van der Waals surface area contributed by atoms with Crippen molar-refractivity contribution in [1.29, 1.82) is 0 Å². The molecule has 3 nitrogen and oxygen atoms in total. The molecule has 4 heteroatoms. The lowest BCUT2D eigenvalue weighted by Gasteiger charge is -2.12. The monoisotopic (exact) mass is 338 g/mol. The first-order chi connectivity index (χ1) is 11.6. The lowest BCUT2D eigenvalue weighted by atomic mass is 9.98. The Hall–Kier alpha value is -2.39. The maximum atomic E-state index is 12.3. The third-order valence-corrected chi connectivity index (χ3v) is 4.36. The molecule has 122 valence electrons. The quantitative estimate of drug-likeness (QED) is 0.678. The van der Waals surface area contributed by atoms with E-state index < -0.39 is 0 Å². The lowest BCUT2D eigenvalue weighted by molar-refractivity contribution is 0.0953. The van der Waals surface area contributed by atoms with E-state index in [9.17, 15) is 4.79 Å². The van der Waals surface area contributed by atoms with Crippen LogP contribution in [0.2, 0.25) is 5.15 Å². The Balaban J connectivity index is 1.60. The number of benzene rings is 2. The highest BCUT2D eigenvalue weighted by Gasteiger charge is 2.09. The summed E-state index contributed by atoms with van der Waals surface area (Å²) < 4.78 is 0. The fourth-order valence-corrected chi connectivity index (χ4v) is 2.85. The molecule has 0 aliphatic carbocycles. The van der Waals surface area contributed by atoms with Crippen molar-refractivity contribution in [3.63, 3.8) is 0 Å². The zero-order valence-electron chi connectivity index (χ0n) is 13.5. The summed E-state index contributed by atoms with van der Waals surface area (Å²) in [6, 6.07) is 19.4. The Kier molecular flexibility index (Phi) is 5.11. The molecule has 0 saturated carbocycles. The van der Waals surface area contributed by atoms with Crippen LogP contribution in [0.3, 0.4) is 0 Å². The molecule has 1 unspecified atom stereocenters. The van der Waals surface area contributed by atoms with Crippen molar-refractivity contribution in [3.05, 3.63) is 76.9 Å². The highest BCUT2D eigenvalue weighted by atomic mass is 35.5. The van der Waals surface area contributed by atoms with Crippen LogP contribution in [0, 0.1) is 0 Å². The number of nitrogens with zero attached hydrogens (tertiary/aromatic N) is 1. The number of nitrogens with one attached hydrogen (secondary N) is 1. The number of carbonyl (C=O) groups is 1. The fraction of sp³-hybridized carbons (Fsp3) is 0.200. The number of halogens is 1. The van der Waals surface area contributed by atoms with E-state index in [1.54, 1.807) is 12.1 Å². The van der Waals surface area contributed by atoms with E-state index in [2.05, 4.69) is 29.4 Å². The molecule has 0 fully saturated rings. The number of aromatic nitrogens is 1. The molecule has 1 amide bonds. The largest absolute Gasteiger partial charge is 0.352 e. The maximum absolute atomic E-state index is 12.3. The van der Waals surface area contributed by atoms with Crippen LogP contribution in [-0.4, -0.2) is 17.4 Å². The van der Waals surface area contributed by atoms with E-state index in [0.29, 0.717) is 23.2 Å². The van der Waals surface area contributed by atoms with Gasteiger partial charge in [-0.05, 0) is 48.2 Å². The molecular weight excluding hydrogens is 320 g/mol. The van der Waals surface area contributed by atoms with Gasteiger partial charge in [0.2, 0.25) is 0 Å². The molecule has 24 heavy (non-hydrogen) atoms. The van der Waals surface area contributed by atoms with E-state index in [-0.39, 0.29) is 5.91 Å². The second kappa shape index (κ2) is 7.45. The minimum Gasteiger partial charge on any atom is -0.352 e. The van der Waals surface area contributed by atoms with Gasteiger partial charge in [0.05, 0.1) is 5.52 Å². The van der Waals surface area contributed by atoms with Crippen LogP contribution in [0.15, 0.2) is 60.7 Å². The van der Waals surface area contributed by atoms with E-state index in [1.165, 1.54) is 5.56 Å². The topological polar surface area (TPSA) is 42.0 Å². The smallest absolute Gasteiger partial charge is 0.251 e. The SMILES string of the molecule is CC(CCNC(=O)c1ccc2nc(Cl)ccc2c1)c1ccccc1. The van der Waals surface area contributed by atoms with Gasteiger partial charge in [0.1, 0.15) is 5.15 Å². The van der Waals surface area contributed by atoms with Gasteiger partial charge in [-0.3, -0.25) is 4.79 Å². The van der Waals surface area contributed by atoms with Crippen LogP contribution in [0.25, 0.3) is 10.9 Å². The third-order valence-electron chi connectivity index (χ3n) is 4.15. The van der Waals surface area contributed by atoms with Crippen LogP contribution in [0.5, 0.6) is 0 Å². The van der Waals surface area contributed by atoms with Gasteiger partial charge in [-0.25, -0.2) is 4.98 Å². The summed E-state index contributed by atoms with van der Waals surface area (Å²) in [5, 5.41) is 4.35. The molecule has 0 radical (unpaired) electrons. The summed E-state index contributed by atoms with van der Waals surface area (Å²) in [6.45, 7) is 2.82. The van der Waals surface area contributed by atoms with Crippen molar-refractivity contribution in [2.75, 3.05) is 6.54 Å². The zero-order chi connectivity index (χ0) is 16.9. The number of amides is 1. The molecule has 0 bridgehead atoms. The number of hydrogen-bond donors (Lipinski definition) is 1. The average molecular weight is 339 g/mol. The highest BCUT2D eigenvalue weighted by Crippen LogP contribution is 2.19. The van der Waals surface area contributed by atoms with Gasteiger partial charge in [-0.2, -0.15) is 0 Å². The Bertz CT molecular complexity index is 849. The second-order valence-electron chi connectivity index (χ2n) is 5.90. The number of hydrogen-bond acceptors (Lipinski definition) is 2. The Morgan fingerprint density at radius 3 is 2.71 bits per heavy atom. The van der Waals surface area contributed by atoms with Crippen LogP contribution < -0.4 is 5.32 Å². The van der Waals surface area contributed by atoms with E-state index in [1.807, 2.05) is 36.4 Å². The Labute approximate surface area is 146 Å². The molecular formula is C20H19ClN2O. The second-order valence-corrected chi connectivity index (χ2v) is 6.29. The molecule has 0 aliphatic heterocycles. The summed E-state index contributed by atoms with van der Waals surface area (Å²) in [5.74, 6) is 0.349. The van der Waals surface area contributed by atoms with Gasteiger partial charge in [0.25, 0.3) is 5.91 Å². The first-order valence-corrected chi connectivity index (χ1v) is 8.41. The highest BCUT2D eigenvalue weighted by molar-refractivity contribution is 6.29. The normalized spacial score (nSPS) is 12.1. The summed E-state index contributed by atoms with van der Waals surface area (Å²) in [7, 11) is 0. The number of rotatable bonds is 5. The van der Waals surface area contributed by atoms with Gasteiger partial charge in [0.15, 0.2) is 0 Å². The molecule has 1 N–H and O–H groups in total. The predicted molar refractivity (Wildman–Crippen MR) is 98.6 cm³/mol. The molecule has 3 aromatic rings. The van der Waals surface area contributed by atoms with Crippen LogP contribution in [0.4, 0.5) is 0 Å². The first-order valence-electron chi connectivity index (χ1n) is 8.03. The maximum Gasteiger partial charge on any atom is 0.251 e. The molecule has 1 heterocycles. The zero-order valence-corrected chi connectivity index (χ0v) is 14.3. The summed E-state index contributed by atoms with van der Waals surface area (Å²) in [5.41, 5.74) is 2.72. The van der Waals surface area contributed by atoms with Crippen LogP contribution in [0.1, 0.15) is 35.2 Å². The standard InChI is InChI=1S/C20H19ClN2O/c1-14(15-5-3-2-4-6-15)11-12-22-20(24)17-7-9-18-16(13-17)8-10-19(21)23-18/h2-10,13-14H,11-12H2,1H3,(H,22,24). The molecule has 1 atom stereocenters. The van der Waals surface area contributed by atoms with Crippen LogP contribution >= 0.6 is 11.6 Å². The molecule has 0 saturated heterocycles. The summed E-state index contributed by atoms with van der Waals surface area (Å²) in [4.78, 5) is 16.5. The Morgan fingerprint density at radius 1 is 1.12 bits per heavy atom. The van der Waals surface area contributed by atoms with E-state index in [4.69, 9.17) is 11.6 Å². The fourth-order valence-electron chi connectivity index (χ4n) is 2.69. The minimum absolute atomic E-state index is 0.0629. The third kappa shape index (κ3) is 3.92. The lowest BCUT2D eigenvalue weighted by Crippen LogP contribution is -2.25. The van der Waals surface area contributed by atoms with Gasteiger partial charge in [0, 0.05) is 17.5 Å². The van der Waals surface area contributed by atoms with Crippen molar-refractivity contribution in [2.24, 2.45) is 0 Å². The van der Waals surface area contributed by atoms with E-state index >= 15 is 0 Å². The van der Waals surface area contributed by atoms with Gasteiger partial charge < -0.3 is 5.32 Å². The predicted octanol–water partition coefficient (Wildman–Crippen LogP) is 4.81. The molecule has 3 rings (SSSR count). The number of fused-ring (bicyclic) bond motifs is 1. The van der Waals surface area contributed by atoms with Gasteiger partial charge in [-0.1, -0.05) is 48.9 Å². The van der Waals surface area contributed by atoms with Crippen molar-refractivity contribution in [1.82, 2.24) is 10.3 Å². The summed E-state index contributed by atoms with van der Waals surface area (Å²) >= 11 is 5.88. The summed E-state index contributed by atoms with van der Waals surface area (Å²) in [6.07, 6.45) is 0.903. The minimum atomic E-state index is -0.0629. The molecule has 2 aromatic carbocycles. The van der Waals surface area contributed by atoms with Crippen molar-refractivity contribution < 1.29 is 4.79 Å². The molecule has 0 spiro atoms. The Morgan fingerprint density at radius 2 is 1.92 bits per heavy atom. The average Bonchev–Trinajstić information content (AvgIpc) is 2.61. The first kappa shape index (κ1) is 16.5. The van der Waals surface area contributed by atoms with Gasteiger partial charge >= 0.3 is 0 Å². The molecule has 1 aromatic heterocycles. The number of pyridine rings is 1. The van der Waals surface area contributed by atoms with E-state index in [0.717, 1.165) is 17.3 Å². The van der Waals surface area contributed by atoms with Gasteiger partial charge in [-0.15, -0.1) is 0 Å². The molecule has 0 aliphatic rings. The van der Waals surface area contributed by atoms with Crippen molar-refractivity contribution >= 4 is 28.4 Å². The van der Waals surface area contributed by atoms with Crippen molar-refractivity contribution in [3.8, 4) is 0 Å². The van der Waals surface area contributed by atoms with Crippen LogP contribution in [-0.2, 0) is 0 Å². The van der Waals surface area contributed by atoms with Crippen molar-refractivity contribution in [2.45, 2.75) is 19.3 Å². The number of carbonyl (C=O) groups excluding carboxylic acids is 1.